The van der Waals surface area contributed by atoms with Crippen LogP contribution in [0.4, 0.5) is 0 Å². The SMILES string of the molecule is Clc1ccc(-c2nnc3n2CN(CC2CCCO2)CS3)cc1. The predicted octanol–water partition coefficient (Wildman–Crippen LogP) is 3.10. The standard InChI is InChI=1S/C15H17ClN4OS/c16-12-5-3-11(4-6-12)14-17-18-15-20(14)9-19(10-22-15)8-13-2-1-7-21-13/h3-6,13H,1-2,7-10H2. The number of halogens is 1. The van der Waals surface area contributed by atoms with Crippen LogP contribution in [0.25, 0.3) is 11.4 Å². The van der Waals surface area contributed by atoms with E-state index < -0.39 is 0 Å². The summed E-state index contributed by atoms with van der Waals surface area (Å²) in [5.74, 6) is 1.84. The molecule has 1 saturated heterocycles. The highest BCUT2D eigenvalue weighted by molar-refractivity contribution is 7.99. The van der Waals surface area contributed by atoms with Crippen molar-refractivity contribution in [1.29, 1.82) is 0 Å². The maximum absolute atomic E-state index is 5.97. The average Bonchev–Trinajstić information content (AvgIpc) is 3.17. The molecule has 0 amide bonds. The minimum atomic E-state index is 0.373. The number of ether oxygens (including phenoxy) is 1. The summed E-state index contributed by atoms with van der Waals surface area (Å²) in [7, 11) is 0. The van der Waals surface area contributed by atoms with Crippen molar-refractivity contribution in [1.82, 2.24) is 19.7 Å². The van der Waals surface area contributed by atoms with E-state index in [2.05, 4.69) is 19.7 Å². The van der Waals surface area contributed by atoms with Crippen molar-refractivity contribution in [3.8, 4) is 11.4 Å². The third-order valence-electron chi connectivity index (χ3n) is 4.02. The van der Waals surface area contributed by atoms with Gasteiger partial charge in [0.05, 0.1) is 18.6 Å². The van der Waals surface area contributed by atoms with Crippen LogP contribution in [0.3, 0.4) is 0 Å². The van der Waals surface area contributed by atoms with E-state index >= 15 is 0 Å². The smallest absolute Gasteiger partial charge is 0.193 e. The van der Waals surface area contributed by atoms with Gasteiger partial charge in [0.1, 0.15) is 0 Å². The van der Waals surface area contributed by atoms with Crippen molar-refractivity contribution in [2.75, 3.05) is 19.0 Å². The van der Waals surface area contributed by atoms with Crippen LogP contribution in [-0.2, 0) is 11.4 Å². The van der Waals surface area contributed by atoms with Gasteiger partial charge in [0.2, 0.25) is 0 Å². The topological polar surface area (TPSA) is 43.2 Å². The monoisotopic (exact) mass is 336 g/mol. The summed E-state index contributed by atoms with van der Waals surface area (Å²) in [5.41, 5.74) is 1.04. The molecule has 5 nitrogen and oxygen atoms in total. The molecule has 4 rings (SSSR count). The van der Waals surface area contributed by atoms with Crippen LogP contribution in [0.2, 0.25) is 5.02 Å². The zero-order valence-electron chi connectivity index (χ0n) is 12.1. The van der Waals surface area contributed by atoms with Crippen molar-refractivity contribution >= 4 is 23.4 Å². The van der Waals surface area contributed by atoms with Gasteiger partial charge in [-0.05, 0) is 37.1 Å². The van der Waals surface area contributed by atoms with Gasteiger partial charge in [0.15, 0.2) is 11.0 Å². The Morgan fingerprint density at radius 2 is 2.14 bits per heavy atom. The Labute approximate surface area is 138 Å². The Balaban J connectivity index is 1.55. The Bertz CT molecular complexity index is 654. The fourth-order valence-corrected chi connectivity index (χ4v) is 3.92. The van der Waals surface area contributed by atoms with E-state index in [1.165, 1.54) is 12.8 Å². The summed E-state index contributed by atoms with van der Waals surface area (Å²) in [4.78, 5) is 2.40. The van der Waals surface area contributed by atoms with Gasteiger partial charge in [0, 0.05) is 23.7 Å². The fourth-order valence-electron chi connectivity index (χ4n) is 2.91. The quantitative estimate of drug-likeness (QED) is 0.861. The van der Waals surface area contributed by atoms with E-state index in [9.17, 15) is 0 Å². The lowest BCUT2D eigenvalue weighted by Crippen LogP contribution is -2.36. The number of aromatic nitrogens is 3. The summed E-state index contributed by atoms with van der Waals surface area (Å²) in [6.45, 7) is 2.69. The normalized spacial score (nSPS) is 22.0. The molecule has 0 spiro atoms. The Hall–Kier alpha value is -1.08. The van der Waals surface area contributed by atoms with Crippen LogP contribution < -0.4 is 0 Å². The number of benzene rings is 1. The second kappa shape index (κ2) is 6.20. The van der Waals surface area contributed by atoms with E-state index in [1.54, 1.807) is 11.8 Å². The van der Waals surface area contributed by atoms with Gasteiger partial charge in [-0.25, -0.2) is 0 Å². The van der Waals surface area contributed by atoms with Gasteiger partial charge in [-0.3, -0.25) is 9.47 Å². The molecular weight excluding hydrogens is 320 g/mol. The molecule has 0 saturated carbocycles. The van der Waals surface area contributed by atoms with Crippen LogP contribution in [0, 0.1) is 0 Å². The van der Waals surface area contributed by atoms with Gasteiger partial charge < -0.3 is 4.74 Å². The van der Waals surface area contributed by atoms with Gasteiger partial charge in [-0.1, -0.05) is 23.4 Å². The molecule has 1 atom stereocenters. The van der Waals surface area contributed by atoms with Crippen LogP contribution in [-0.4, -0.2) is 44.8 Å². The molecule has 1 aromatic carbocycles. The molecule has 1 unspecified atom stereocenters. The zero-order chi connectivity index (χ0) is 14.9. The van der Waals surface area contributed by atoms with Crippen LogP contribution in [0.1, 0.15) is 12.8 Å². The number of fused-ring (bicyclic) bond motifs is 1. The first-order chi connectivity index (χ1) is 10.8. The van der Waals surface area contributed by atoms with Gasteiger partial charge in [-0.2, -0.15) is 0 Å². The number of hydrogen-bond acceptors (Lipinski definition) is 5. The van der Waals surface area contributed by atoms with Crippen molar-refractivity contribution in [3.05, 3.63) is 29.3 Å². The first-order valence-electron chi connectivity index (χ1n) is 7.45. The molecule has 0 bridgehead atoms. The first-order valence-corrected chi connectivity index (χ1v) is 8.82. The summed E-state index contributed by atoms with van der Waals surface area (Å²) >= 11 is 7.70. The van der Waals surface area contributed by atoms with Crippen molar-refractivity contribution in [3.63, 3.8) is 0 Å². The largest absolute Gasteiger partial charge is 0.377 e. The summed E-state index contributed by atoms with van der Waals surface area (Å²) in [6, 6.07) is 7.75. The lowest BCUT2D eigenvalue weighted by Gasteiger charge is -2.29. The molecular formula is C15H17ClN4OS. The summed E-state index contributed by atoms with van der Waals surface area (Å²) < 4.78 is 7.92. The second-order valence-electron chi connectivity index (χ2n) is 5.64. The number of hydrogen-bond donors (Lipinski definition) is 0. The van der Waals surface area contributed by atoms with Gasteiger partial charge in [0.25, 0.3) is 0 Å². The minimum Gasteiger partial charge on any atom is -0.377 e. The molecule has 116 valence electrons. The Kier molecular flexibility index (Phi) is 4.09. The molecule has 1 aromatic heterocycles. The fraction of sp³-hybridized carbons (Fsp3) is 0.467. The van der Waals surface area contributed by atoms with E-state index in [1.807, 2.05) is 24.3 Å². The van der Waals surface area contributed by atoms with Gasteiger partial charge in [-0.15, -0.1) is 10.2 Å². The van der Waals surface area contributed by atoms with Crippen LogP contribution in [0.5, 0.6) is 0 Å². The summed E-state index contributed by atoms with van der Waals surface area (Å²) in [6.07, 6.45) is 2.72. The van der Waals surface area contributed by atoms with E-state index in [0.717, 1.165) is 47.3 Å². The third-order valence-corrected chi connectivity index (χ3v) is 5.33. The maximum Gasteiger partial charge on any atom is 0.193 e. The molecule has 2 aliphatic rings. The molecule has 0 radical (unpaired) electrons. The number of nitrogens with zero attached hydrogens (tertiary/aromatic N) is 4. The molecule has 3 heterocycles. The van der Waals surface area contributed by atoms with E-state index in [0.29, 0.717) is 6.10 Å². The van der Waals surface area contributed by atoms with Crippen LogP contribution >= 0.6 is 23.4 Å². The minimum absolute atomic E-state index is 0.373. The Morgan fingerprint density at radius 1 is 1.27 bits per heavy atom. The maximum atomic E-state index is 5.97. The van der Waals surface area contributed by atoms with Crippen molar-refractivity contribution in [2.45, 2.75) is 30.8 Å². The number of thioether (sulfide) groups is 1. The van der Waals surface area contributed by atoms with Crippen molar-refractivity contribution in [2.24, 2.45) is 0 Å². The molecule has 22 heavy (non-hydrogen) atoms. The van der Waals surface area contributed by atoms with E-state index in [-0.39, 0.29) is 0 Å². The van der Waals surface area contributed by atoms with Crippen molar-refractivity contribution < 1.29 is 4.74 Å². The number of rotatable bonds is 3. The highest BCUT2D eigenvalue weighted by Gasteiger charge is 2.25. The molecule has 0 aliphatic carbocycles. The first kappa shape index (κ1) is 14.5. The lowest BCUT2D eigenvalue weighted by atomic mass is 10.2. The van der Waals surface area contributed by atoms with Gasteiger partial charge >= 0.3 is 0 Å². The highest BCUT2D eigenvalue weighted by atomic mass is 35.5. The lowest BCUT2D eigenvalue weighted by molar-refractivity contribution is 0.0677. The van der Waals surface area contributed by atoms with Crippen LogP contribution in [0.15, 0.2) is 29.4 Å². The second-order valence-corrected chi connectivity index (χ2v) is 6.99. The molecule has 0 N–H and O–H groups in total. The third kappa shape index (κ3) is 2.88. The molecule has 1 fully saturated rings. The molecule has 2 aromatic rings. The predicted molar refractivity (Wildman–Crippen MR) is 86.9 cm³/mol. The zero-order valence-corrected chi connectivity index (χ0v) is 13.7. The molecule has 2 aliphatic heterocycles. The van der Waals surface area contributed by atoms with E-state index in [4.69, 9.17) is 16.3 Å². The Morgan fingerprint density at radius 3 is 2.91 bits per heavy atom. The molecule has 7 heteroatoms. The highest BCUT2D eigenvalue weighted by Crippen LogP contribution is 2.30. The summed E-state index contributed by atoms with van der Waals surface area (Å²) in [5, 5.41) is 10.4. The average molecular weight is 337 g/mol.